The first kappa shape index (κ1) is 26.3. The fourth-order valence-corrected chi connectivity index (χ4v) is 4.39. The molecule has 0 unspecified atom stereocenters. The Hall–Kier alpha value is -3.27. The van der Waals surface area contributed by atoms with Crippen LogP contribution in [0.1, 0.15) is 52.7 Å². The Bertz CT molecular complexity index is 964. The van der Waals surface area contributed by atoms with Crippen molar-refractivity contribution < 1.29 is 29.1 Å². The molecular weight excluding hydrogens is 452 g/mol. The molecular formula is C25H34N4O6. The molecule has 0 saturated carbocycles. The molecule has 2 fully saturated rings. The van der Waals surface area contributed by atoms with Gasteiger partial charge in [0, 0.05) is 18.8 Å². The highest BCUT2D eigenvalue weighted by Gasteiger charge is 2.52. The summed E-state index contributed by atoms with van der Waals surface area (Å²) in [7, 11) is 0. The molecule has 0 bridgehead atoms. The Morgan fingerprint density at radius 3 is 2.46 bits per heavy atom. The van der Waals surface area contributed by atoms with Crippen LogP contribution in [0.4, 0.5) is 0 Å². The molecule has 190 valence electrons. The minimum atomic E-state index is -1.03. The number of nitrogens with zero attached hydrogens (tertiary/aromatic N) is 4. The van der Waals surface area contributed by atoms with Crippen molar-refractivity contribution >= 4 is 29.8 Å². The fourth-order valence-electron chi connectivity index (χ4n) is 4.39. The Balaban J connectivity index is 1.97. The molecule has 2 saturated heterocycles. The van der Waals surface area contributed by atoms with E-state index < -0.39 is 30.2 Å². The second-order valence-corrected chi connectivity index (χ2v) is 9.78. The predicted molar refractivity (Wildman–Crippen MR) is 127 cm³/mol. The van der Waals surface area contributed by atoms with Gasteiger partial charge >= 0.3 is 5.97 Å². The first-order chi connectivity index (χ1) is 16.6. The van der Waals surface area contributed by atoms with E-state index in [0.717, 1.165) is 0 Å². The van der Waals surface area contributed by atoms with Crippen LogP contribution < -0.4 is 0 Å². The first-order valence-corrected chi connectivity index (χ1v) is 12.0. The van der Waals surface area contributed by atoms with Gasteiger partial charge in [0.2, 0.25) is 5.91 Å². The van der Waals surface area contributed by atoms with Crippen molar-refractivity contribution in [2.24, 2.45) is 11.8 Å². The van der Waals surface area contributed by atoms with Gasteiger partial charge in [-0.15, -0.1) is 0 Å². The van der Waals surface area contributed by atoms with Crippen molar-refractivity contribution in [3.05, 3.63) is 36.2 Å². The maximum Gasteiger partial charge on any atom is 0.305 e. The second-order valence-electron chi connectivity index (χ2n) is 9.78. The summed E-state index contributed by atoms with van der Waals surface area (Å²) >= 11 is 0. The van der Waals surface area contributed by atoms with E-state index in [1.54, 1.807) is 30.5 Å². The Labute approximate surface area is 205 Å². The number of hydroxylamine groups is 2. The summed E-state index contributed by atoms with van der Waals surface area (Å²) in [5, 5.41) is 10.3. The van der Waals surface area contributed by atoms with Gasteiger partial charge < -0.3 is 14.9 Å². The molecule has 3 atom stereocenters. The van der Waals surface area contributed by atoms with Crippen LogP contribution in [0.3, 0.4) is 0 Å². The van der Waals surface area contributed by atoms with Crippen LogP contribution in [-0.4, -0.2) is 80.0 Å². The van der Waals surface area contributed by atoms with Crippen LogP contribution in [0.15, 0.2) is 30.5 Å². The number of carboxylic acids is 1. The third-order valence-electron chi connectivity index (χ3n) is 5.96. The van der Waals surface area contributed by atoms with E-state index in [2.05, 4.69) is 4.98 Å². The summed E-state index contributed by atoms with van der Waals surface area (Å²) in [6.45, 7) is 7.78. The van der Waals surface area contributed by atoms with Crippen LogP contribution in [0, 0.1) is 11.8 Å². The minimum absolute atomic E-state index is 0.0114. The van der Waals surface area contributed by atoms with Gasteiger partial charge in [-0.2, -0.15) is 5.06 Å². The van der Waals surface area contributed by atoms with Crippen molar-refractivity contribution in [1.82, 2.24) is 19.8 Å². The van der Waals surface area contributed by atoms with E-state index in [1.165, 1.54) is 20.9 Å². The molecule has 1 aromatic heterocycles. The SMILES string of the molecule is CC(C)C[C@H]1ON(C(=O)/C=C/c2ccccn2)[C@H]2CN(CCC(=O)O)C(=O)[C@H](CC(C)C)N2C1=O. The maximum atomic E-state index is 13.5. The lowest BCUT2D eigenvalue weighted by Gasteiger charge is -2.53. The molecule has 35 heavy (non-hydrogen) atoms. The number of carbonyl (C=O) groups is 4. The molecule has 3 amide bonds. The molecule has 0 aromatic carbocycles. The number of carbonyl (C=O) groups excluding carboxylic acids is 3. The fraction of sp³-hybridized carbons (Fsp3) is 0.560. The number of piperazine rings is 1. The van der Waals surface area contributed by atoms with Gasteiger partial charge in [0.05, 0.1) is 18.7 Å². The zero-order chi connectivity index (χ0) is 25.7. The number of pyridine rings is 1. The van der Waals surface area contributed by atoms with E-state index in [4.69, 9.17) is 9.94 Å². The van der Waals surface area contributed by atoms with Gasteiger partial charge in [0.15, 0.2) is 12.3 Å². The average molecular weight is 487 g/mol. The Morgan fingerprint density at radius 2 is 1.86 bits per heavy atom. The monoisotopic (exact) mass is 486 g/mol. The number of rotatable bonds is 9. The van der Waals surface area contributed by atoms with E-state index in [-0.39, 0.29) is 43.2 Å². The highest BCUT2D eigenvalue weighted by atomic mass is 16.7. The molecule has 2 aliphatic rings. The van der Waals surface area contributed by atoms with Crippen LogP contribution >= 0.6 is 0 Å². The first-order valence-electron chi connectivity index (χ1n) is 12.0. The zero-order valence-corrected chi connectivity index (χ0v) is 20.7. The van der Waals surface area contributed by atoms with Crippen molar-refractivity contribution in [1.29, 1.82) is 0 Å². The molecule has 0 spiro atoms. The van der Waals surface area contributed by atoms with Crippen LogP contribution in [-0.2, 0) is 24.0 Å². The van der Waals surface area contributed by atoms with Gasteiger partial charge in [0.1, 0.15) is 6.04 Å². The van der Waals surface area contributed by atoms with Crippen LogP contribution in [0.5, 0.6) is 0 Å². The Kier molecular flexibility index (Phi) is 8.61. The molecule has 3 rings (SSSR count). The molecule has 0 radical (unpaired) electrons. The van der Waals surface area contributed by atoms with Crippen molar-refractivity contribution in [2.75, 3.05) is 13.1 Å². The molecule has 1 N–H and O–H groups in total. The standard InChI is InChI=1S/C25H34N4O6/c1-16(2)13-19-24(33)27(12-10-23(31)32)15-21-28(19)25(34)20(14-17(3)4)35-29(21)22(30)9-8-18-7-5-6-11-26-18/h5-9,11,16-17,19-21H,10,12-15H2,1-4H3,(H,31,32)/b9-8+/t19-,20+,21-/m0/s1. The van der Waals surface area contributed by atoms with Gasteiger partial charge in [-0.25, -0.2) is 0 Å². The average Bonchev–Trinajstić information content (AvgIpc) is 2.79. The number of amides is 3. The predicted octanol–water partition coefficient (Wildman–Crippen LogP) is 2.17. The third-order valence-corrected chi connectivity index (χ3v) is 5.96. The molecule has 2 aliphatic heterocycles. The summed E-state index contributed by atoms with van der Waals surface area (Å²) in [6.07, 6.45) is 3.30. The number of hydrogen-bond acceptors (Lipinski definition) is 6. The van der Waals surface area contributed by atoms with E-state index in [9.17, 15) is 19.2 Å². The lowest BCUT2D eigenvalue weighted by Crippen LogP contribution is -2.73. The highest BCUT2D eigenvalue weighted by Crippen LogP contribution is 2.32. The lowest BCUT2D eigenvalue weighted by atomic mass is 9.95. The minimum Gasteiger partial charge on any atom is -0.481 e. The number of aliphatic carboxylic acids is 1. The Morgan fingerprint density at radius 1 is 1.14 bits per heavy atom. The van der Waals surface area contributed by atoms with Crippen molar-refractivity contribution in [3.8, 4) is 0 Å². The van der Waals surface area contributed by atoms with Crippen LogP contribution in [0.25, 0.3) is 6.08 Å². The third kappa shape index (κ3) is 6.45. The summed E-state index contributed by atoms with van der Waals surface area (Å²) in [5.74, 6) is -1.92. The maximum absolute atomic E-state index is 13.5. The summed E-state index contributed by atoms with van der Waals surface area (Å²) in [6, 6.07) is 4.52. The second kappa shape index (κ2) is 11.4. The van der Waals surface area contributed by atoms with Gasteiger partial charge in [-0.1, -0.05) is 33.8 Å². The van der Waals surface area contributed by atoms with Gasteiger partial charge in [-0.3, -0.25) is 29.0 Å². The molecule has 3 heterocycles. The smallest absolute Gasteiger partial charge is 0.305 e. The number of carboxylic acid groups (broad SMARTS) is 1. The normalized spacial score (nSPS) is 22.9. The van der Waals surface area contributed by atoms with E-state index in [1.807, 2.05) is 27.7 Å². The number of aromatic nitrogens is 1. The molecule has 1 aromatic rings. The van der Waals surface area contributed by atoms with Gasteiger partial charge in [0.25, 0.3) is 11.8 Å². The van der Waals surface area contributed by atoms with E-state index in [0.29, 0.717) is 18.5 Å². The molecule has 10 nitrogen and oxygen atoms in total. The topological polar surface area (TPSA) is 120 Å². The van der Waals surface area contributed by atoms with E-state index >= 15 is 0 Å². The zero-order valence-electron chi connectivity index (χ0n) is 20.7. The summed E-state index contributed by atoms with van der Waals surface area (Å²) in [5.41, 5.74) is 0.587. The lowest BCUT2D eigenvalue weighted by molar-refractivity contribution is -0.274. The molecule has 0 aliphatic carbocycles. The number of hydrogen-bond donors (Lipinski definition) is 1. The summed E-state index contributed by atoms with van der Waals surface area (Å²) in [4.78, 5) is 64.4. The number of fused-ring (bicyclic) bond motifs is 1. The van der Waals surface area contributed by atoms with Gasteiger partial charge in [-0.05, 0) is 42.9 Å². The molecule has 10 heteroatoms. The summed E-state index contributed by atoms with van der Waals surface area (Å²) < 4.78 is 0. The van der Waals surface area contributed by atoms with Crippen molar-refractivity contribution in [2.45, 2.75) is 65.3 Å². The van der Waals surface area contributed by atoms with Crippen LogP contribution in [0.2, 0.25) is 0 Å². The quantitative estimate of drug-likeness (QED) is 0.531. The highest BCUT2D eigenvalue weighted by molar-refractivity contribution is 5.95. The van der Waals surface area contributed by atoms with Crippen molar-refractivity contribution in [3.63, 3.8) is 0 Å². The largest absolute Gasteiger partial charge is 0.481 e.